The number of halogens is 1. The van der Waals surface area contributed by atoms with E-state index in [4.69, 9.17) is 0 Å². The highest BCUT2D eigenvalue weighted by Gasteiger charge is 2.08. The zero-order chi connectivity index (χ0) is 16.1. The Morgan fingerprint density at radius 3 is 2.18 bits per heavy atom. The molecule has 0 aliphatic heterocycles. The highest BCUT2D eigenvalue weighted by molar-refractivity contribution is 9.10. The van der Waals surface area contributed by atoms with E-state index in [1.54, 1.807) is 24.3 Å². The minimum atomic E-state index is -0.275. The molecule has 2 rings (SSSR count). The monoisotopic (exact) mass is 360 g/mol. The maximum atomic E-state index is 11.9. The first-order chi connectivity index (χ1) is 10.4. The quantitative estimate of drug-likeness (QED) is 0.877. The third kappa shape index (κ3) is 4.70. The number of nitrogens with one attached hydrogen (secondary N) is 2. The Bertz CT molecular complexity index is 676. The smallest absolute Gasteiger partial charge is 0.251 e. The maximum absolute atomic E-state index is 11.9. The Kier molecular flexibility index (Phi) is 5.33. The van der Waals surface area contributed by atoms with Crippen molar-refractivity contribution in [2.24, 2.45) is 0 Å². The van der Waals surface area contributed by atoms with Gasteiger partial charge in [-0.2, -0.15) is 0 Å². The summed E-state index contributed by atoms with van der Waals surface area (Å²) in [5.41, 5.74) is 3.41. The molecule has 0 aliphatic rings. The van der Waals surface area contributed by atoms with Gasteiger partial charge in [0.2, 0.25) is 5.91 Å². The first-order valence-corrected chi connectivity index (χ1v) is 7.65. The molecule has 0 unspecified atom stereocenters. The lowest BCUT2D eigenvalue weighted by atomic mass is 10.1. The topological polar surface area (TPSA) is 58.2 Å². The van der Waals surface area contributed by atoms with Crippen molar-refractivity contribution in [1.82, 2.24) is 5.32 Å². The normalized spacial score (nSPS) is 10.1. The summed E-state index contributed by atoms with van der Waals surface area (Å²) in [6, 6.07) is 12.8. The highest BCUT2D eigenvalue weighted by Crippen LogP contribution is 2.13. The maximum Gasteiger partial charge on any atom is 0.251 e. The zero-order valence-electron chi connectivity index (χ0n) is 12.4. The minimum Gasteiger partial charge on any atom is -0.343 e. The lowest BCUT2D eigenvalue weighted by Gasteiger charge is -2.09. The molecule has 0 aliphatic carbocycles. The van der Waals surface area contributed by atoms with Crippen LogP contribution < -0.4 is 10.6 Å². The van der Waals surface area contributed by atoms with Gasteiger partial charge in [-0.25, -0.2) is 0 Å². The van der Waals surface area contributed by atoms with Crippen LogP contribution in [0.5, 0.6) is 0 Å². The van der Waals surface area contributed by atoms with E-state index in [2.05, 4.69) is 26.6 Å². The van der Waals surface area contributed by atoms with Crippen LogP contribution in [0.4, 0.5) is 5.69 Å². The van der Waals surface area contributed by atoms with Crippen molar-refractivity contribution in [3.8, 4) is 0 Å². The van der Waals surface area contributed by atoms with Crippen LogP contribution in [0.2, 0.25) is 0 Å². The number of hydrogen-bond donors (Lipinski definition) is 2. The molecule has 0 heterocycles. The average molecular weight is 361 g/mol. The van der Waals surface area contributed by atoms with Gasteiger partial charge in [0.15, 0.2) is 0 Å². The molecule has 0 fully saturated rings. The number of carbonyl (C=O) groups excluding carboxylic acids is 2. The van der Waals surface area contributed by atoms with Crippen molar-refractivity contribution in [2.75, 3.05) is 11.9 Å². The van der Waals surface area contributed by atoms with Crippen LogP contribution in [0, 0.1) is 13.8 Å². The predicted molar refractivity (Wildman–Crippen MR) is 91.0 cm³/mol. The second-order valence-corrected chi connectivity index (χ2v) is 6.03. The summed E-state index contributed by atoms with van der Waals surface area (Å²) < 4.78 is 0.900. The van der Waals surface area contributed by atoms with Gasteiger partial charge in [0.25, 0.3) is 5.91 Å². The lowest BCUT2D eigenvalue weighted by molar-refractivity contribution is -0.115. The van der Waals surface area contributed by atoms with Crippen LogP contribution >= 0.6 is 15.9 Å². The summed E-state index contributed by atoms with van der Waals surface area (Å²) in [6.45, 7) is 3.87. The molecule has 0 spiro atoms. The summed E-state index contributed by atoms with van der Waals surface area (Å²) in [4.78, 5) is 23.8. The Morgan fingerprint density at radius 1 is 1.00 bits per heavy atom. The fourth-order valence-corrected chi connectivity index (χ4v) is 2.38. The van der Waals surface area contributed by atoms with Crippen molar-refractivity contribution in [3.63, 3.8) is 0 Å². The van der Waals surface area contributed by atoms with Crippen LogP contribution in [0.3, 0.4) is 0 Å². The third-order valence-electron chi connectivity index (χ3n) is 3.02. The second kappa shape index (κ2) is 7.22. The van der Waals surface area contributed by atoms with E-state index in [-0.39, 0.29) is 18.4 Å². The number of hydrogen-bond acceptors (Lipinski definition) is 2. The van der Waals surface area contributed by atoms with E-state index in [1.165, 1.54) is 0 Å². The molecule has 0 radical (unpaired) electrons. The molecule has 2 amide bonds. The Balaban J connectivity index is 1.89. The summed E-state index contributed by atoms with van der Waals surface area (Å²) in [5.74, 6) is -0.529. The van der Waals surface area contributed by atoms with Gasteiger partial charge in [0, 0.05) is 15.7 Å². The Morgan fingerprint density at radius 2 is 1.59 bits per heavy atom. The predicted octanol–water partition coefficient (Wildman–Crippen LogP) is 3.43. The molecule has 0 bridgehead atoms. The molecule has 2 N–H and O–H groups in total. The van der Waals surface area contributed by atoms with Gasteiger partial charge in [0.05, 0.1) is 6.54 Å². The molecule has 22 heavy (non-hydrogen) atoms. The molecule has 0 aromatic heterocycles. The van der Waals surface area contributed by atoms with Crippen LogP contribution in [-0.2, 0) is 4.79 Å². The van der Waals surface area contributed by atoms with Gasteiger partial charge in [-0.15, -0.1) is 0 Å². The number of anilines is 1. The molecule has 0 saturated carbocycles. The highest BCUT2D eigenvalue weighted by atomic mass is 79.9. The summed E-state index contributed by atoms with van der Waals surface area (Å²) in [5, 5.41) is 5.38. The summed E-state index contributed by atoms with van der Waals surface area (Å²) in [7, 11) is 0. The number of rotatable bonds is 4. The van der Waals surface area contributed by atoms with Gasteiger partial charge < -0.3 is 10.6 Å². The summed E-state index contributed by atoms with van der Waals surface area (Å²) >= 11 is 3.31. The number of benzene rings is 2. The van der Waals surface area contributed by atoms with Crippen molar-refractivity contribution >= 4 is 33.4 Å². The lowest BCUT2D eigenvalue weighted by Crippen LogP contribution is -2.32. The van der Waals surface area contributed by atoms with E-state index in [0.717, 1.165) is 21.3 Å². The molecule has 2 aromatic carbocycles. The van der Waals surface area contributed by atoms with Crippen LogP contribution in [-0.4, -0.2) is 18.4 Å². The Hall–Kier alpha value is -2.14. The van der Waals surface area contributed by atoms with Crippen molar-refractivity contribution in [3.05, 3.63) is 63.6 Å². The van der Waals surface area contributed by atoms with Gasteiger partial charge in [0.1, 0.15) is 0 Å². The number of amides is 2. The molecular formula is C17H17BrN2O2. The standard InChI is InChI=1S/C17H17BrN2O2/c1-11-7-12(2)9-15(8-11)20-16(21)10-19-17(22)13-3-5-14(18)6-4-13/h3-9H,10H2,1-2H3,(H,19,22)(H,20,21). The number of carbonyl (C=O) groups is 2. The minimum absolute atomic E-state index is 0.0676. The van der Waals surface area contributed by atoms with Gasteiger partial charge in [-0.1, -0.05) is 22.0 Å². The van der Waals surface area contributed by atoms with Crippen molar-refractivity contribution in [2.45, 2.75) is 13.8 Å². The van der Waals surface area contributed by atoms with Crippen molar-refractivity contribution < 1.29 is 9.59 Å². The molecule has 0 saturated heterocycles. The zero-order valence-corrected chi connectivity index (χ0v) is 14.0. The fourth-order valence-electron chi connectivity index (χ4n) is 2.12. The largest absolute Gasteiger partial charge is 0.343 e. The molecule has 4 nitrogen and oxygen atoms in total. The number of aryl methyl sites for hydroxylation is 2. The van der Waals surface area contributed by atoms with E-state index in [9.17, 15) is 9.59 Å². The average Bonchev–Trinajstić information content (AvgIpc) is 2.44. The van der Waals surface area contributed by atoms with Gasteiger partial charge in [-0.05, 0) is 61.4 Å². The van der Waals surface area contributed by atoms with E-state index in [1.807, 2.05) is 32.0 Å². The molecule has 114 valence electrons. The third-order valence-corrected chi connectivity index (χ3v) is 3.55. The van der Waals surface area contributed by atoms with Gasteiger partial charge >= 0.3 is 0 Å². The SMILES string of the molecule is Cc1cc(C)cc(NC(=O)CNC(=O)c2ccc(Br)cc2)c1. The van der Waals surface area contributed by atoms with Crippen molar-refractivity contribution in [1.29, 1.82) is 0 Å². The van der Waals surface area contributed by atoms with E-state index in [0.29, 0.717) is 5.56 Å². The first-order valence-electron chi connectivity index (χ1n) is 6.86. The van der Waals surface area contributed by atoms with Crippen LogP contribution in [0.1, 0.15) is 21.5 Å². The van der Waals surface area contributed by atoms with Crippen LogP contribution in [0.25, 0.3) is 0 Å². The second-order valence-electron chi connectivity index (χ2n) is 5.11. The fraction of sp³-hybridized carbons (Fsp3) is 0.176. The van der Waals surface area contributed by atoms with E-state index >= 15 is 0 Å². The van der Waals surface area contributed by atoms with E-state index < -0.39 is 0 Å². The molecule has 2 aromatic rings. The first kappa shape index (κ1) is 16.2. The molecular weight excluding hydrogens is 344 g/mol. The summed E-state index contributed by atoms with van der Waals surface area (Å²) in [6.07, 6.45) is 0. The molecule has 0 atom stereocenters. The molecule has 5 heteroatoms. The Labute approximate surface area is 138 Å². The van der Waals surface area contributed by atoms with Crippen LogP contribution in [0.15, 0.2) is 46.9 Å². The van der Waals surface area contributed by atoms with Gasteiger partial charge in [-0.3, -0.25) is 9.59 Å².